The molecule has 1 aliphatic heterocycles. The smallest absolute Gasteiger partial charge is 0.387 e. The number of alkyl halides is 3. The van der Waals surface area contributed by atoms with Crippen molar-refractivity contribution in [1.82, 2.24) is 5.01 Å². The van der Waals surface area contributed by atoms with Gasteiger partial charge in [-0.15, -0.1) is 0 Å². The van der Waals surface area contributed by atoms with E-state index in [4.69, 9.17) is 22.4 Å². The van der Waals surface area contributed by atoms with Crippen LogP contribution in [0.2, 0.25) is 5.02 Å². The number of rotatable bonds is 5. The normalized spacial score (nSPS) is 17.1. The third-order valence-corrected chi connectivity index (χ3v) is 6.99. The molecular weight excluding hydrogens is 531 g/mol. The van der Waals surface area contributed by atoms with E-state index in [2.05, 4.69) is 21.5 Å². The summed E-state index contributed by atoms with van der Waals surface area (Å²) in [6.45, 7) is 4.37. The van der Waals surface area contributed by atoms with Crippen LogP contribution in [0.1, 0.15) is 42.9 Å². The van der Waals surface area contributed by atoms with Gasteiger partial charge in [0.25, 0.3) is 5.96 Å². The second-order valence-corrected chi connectivity index (χ2v) is 10.3. The van der Waals surface area contributed by atoms with Gasteiger partial charge in [-0.05, 0) is 53.9 Å². The zero-order valence-electron chi connectivity index (χ0n) is 20.9. The lowest BCUT2D eigenvalue weighted by Crippen LogP contribution is -2.36. The molecule has 0 saturated heterocycles. The van der Waals surface area contributed by atoms with Crippen LogP contribution in [-0.4, -0.2) is 29.1 Å². The first-order valence-corrected chi connectivity index (χ1v) is 13.2. The molecule has 5 nitrogen and oxygen atoms in total. The molecule has 1 atom stereocenters. The van der Waals surface area contributed by atoms with E-state index in [0.717, 1.165) is 47.3 Å². The predicted octanol–water partition coefficient (Wildman–Crippen LogP) is 7.63. The molecule has 3 aromatic rings. The van der Waals surface area contributed by atoms with E-state index in [-0.39, 0.29) is 17.8 Å². The van der Waals surface area contributed by atoms with Crippen LogP contribution < -0.4 is 5.73 Å². The SMILES string of the molecule is CC(C)/C(N)=N\C(=N\Sc1ccc(C(F)(F)F)cc1)N1CCC(c2ccccc2)C(c2ccc(Cl)cc2)=N1. The third kappa shape index (κ3) is 6.96. The molecule has 3 aromatic carbocycles. The average Bonchev–Trinajstić information content (AvgIpc) is 2.91. The number of hydrazone groups is 1. The lowest BCUT2D eigenvalue weighted by atomic mass is 9.86. The Morgan fingerprint density at radius 2 is 1.68 bits per heavy atom. The Labute approximate surface area is 229 Å². The molecule has 1 unspecified atom stereocenters. The highest BCUT2D eigenvalue weighted by atomic mass is 35.5. The minimum atomic E-state index is -4.40. The molecule has 0 spiro atoms. The quantitative estimate of drug-likeness (QED) is 0.199. The van der Waals surface area contributed by atoms with Gasteiger partial charge in [0.05, 0.1) is 11.3 Å². The summed E-state index contributed by atoms with van der Waals surface area (Å²) in [6.07, 6.45) is -3.66. The Morgan fingerprint density at radius 3 is 2.29 bits per heavy atom. The fraction of sp³-hybridized carbons (Fsp3) is 0.250. The van der Waals surface area contributed by atoms with Crippen LogP contribution in [0.3, 0.4) is 0 Å². The number of amidine groups is 1. The van der Waals surface area contributed by atoms with Gasteiger partial charge in [-0.25, -0.2) is 5.01 Å². The van der Waals surface area contributed by atoms with Gasteiger partial charge >= 0.3 is 6.18 Å². The first-order valence-electron chi connectivity index (χ1n) is 12.0. The molecule has 0 amide bonds. The molecule has 0 aromatic heterocycles. The minimum Gasteiger partial charge on any atom is -0.387 e. The standard InChI is InChI=1S/C28H27ClF3N5S/c1-18(2)26(33)34-27(36-38-23-14-10-21(11-15-23)28(30,31)32)37-17-16-24(19-6-4-3-5-7-19)25(35-37)20-8-12-22(29)13-9-20/h3-15,18,24H,16-17H2,1-2H3,(H2,33,34,36). The second-order valence-electron chi connectivity index (χ2n) is 9.06. The van der Waals surface area contributed by atoms with Gasteiger partial charge in [0.2, 0.25) is 0 Å². The van der Waals surface area contributed by atoms with Gasteiger partial charge in [-0.3, -0.25) is 0 Å². The zero-order valence-corrected chi connectivity index (χ0v) is 22.4. The first-order chi connectivity index (χ1) is 18.1. The fourth-order valence-corrected chi connectivity index (χ4v) is 4.55. The van der Waals surface area contributed by atoms with Crippen LogP contribution in [0.25, 0.3) is 0 Å². The topological polar surface area (TPSA) is 66.3 Å². The zero-order chi connectivity index (χ0) is 27.3. The Balaban J connectivity index is 1.72. The molecule has 2 N–H and O–H groups in total. The summed E-state index contributed by atoms with van der Waals surface area (Å²) in [7, 11) is 0. The van der Waals surface area contributed by atoms with Crippen molar-refractivity contribution in [1.29, 1.82) is 0 Å². The van der Waals surface area contributed by atoms with E-state index in [0.29, 0.717) is 22.3 Å². The second kappa shape index (κ2) is 12.0. The summed E-state index contributed by atoms with van der Waals surface area (Å²) in [4.78, 5) is 5.09. The molecule has 0 bridgehead atoms. The molecule has 1 aliphatic rings. The molecule has 10 heteroatoms. The molecule has 38 heavy (non-hydrogen) atoms. The number of nitrogens with two attached hydrogens (primary N) is 1. The van der Waals surface area contributed by atoms with Crippen LogP contribution in [0, 0.1) is 5.92 Å². The molecule has 0 radical (unpaired) electrons. The summed E-state index contributed by atoms with van der Waals surface area (Å²) in [6, 6.07) is 22.5. The van der Waals surface area contributed by atoms with Crippen molar-refractivity contribution in [3.63, 3.8) is 0 Å². The summed E-state index contributed by atoms with van der Waals surface area (Å²) in [5.41, 5.74) is 8.37. The van der Waals surface area contributed by atoms with E-state index in [9.17, 15) is 13.2 Å². The fourth-order valence-electron chi connectivity index (χ4n) is 3.84. The van der Waals surface area contributed by atoms with E-state index in [1.807, 2.05) is 56.3 Å². The molecule has 198 valence electrons. The minimum absolute atomic E-state index is 0.0298. The number of halogens is 4. The predicted molar refractivity (Wildman–Crippen MR) is 150 cm³/mol. The largest absolute Gasteiger partial charge is 0.416 e. The summed E-state index contributed by atoms with van der Waals surface area (Å²) < 4.78 is 43.4. The number of hydrogen-bond acceptors (Lipinski definition) is 3. The highest BCUT2D eigenvalue weighted by Crippen LogP contribution is 2.33. The number of aliphatic imine (C=N–C) groups is 1. The van der Waals surface area contributed by atoms with Crippen molar-refractivity contribution in [2.24, 2.45) is 26.1 Å². The lowest BCUT2D eigenvalue weighted by molar-refractivity contribution is -0.137. The Morgan fingerprint density at radius 1 is 1.03 bits per heavy atom. The van der Waals surface area contributed by atoms with Crippen molar-refractivity contribution < 1.29 is 13.2 Å². The maximum absolute atomic E-state index is 13.0. The number of benzene rings is 3. The summed E-state index contributed by atoms with van der Waals surface area (Å²) in [5.74, 6) is 0.672. The highest BCUT2D eigenvalue weighted by molar-refractivity contribution is 7.98. The molecule has 4 rings (SSSR count). The molecule has 0 fully saturated rings. The van der Waals surface area contributed by atoms with Gasteiger partial charge < -0.3 is 5.73 Å². The number of guanidine groups is 1. The van der Waals surface area contributed by atoms with E-state index in [1.54, 1.807) is 5.01 Å². The monoisotopic (exact) mass is 557 g/mol. The van der Waals surface area contributed by atoms with Crippen molar-refractivity contribution in [3.8, 4) is 0 Å². The highest BCUT2D eigenvalue weighted by Gasteiger charge is 2.30. The van der Waals surface area contributed by atoms with E-state index in [1.165, 1.54) is 12.1 Å². The maximum atomic E-state index is 13.0. The van der Waals surface area contributed by atoms with Gasteiger partial charge in [-0.1, -0.05) is 67.9 Å². The first kappa shape index (κ1) is 27.7. The Hall–Kier alpha value is -3.30. The maximum Gasteiger partial charge on any atom is 0.416 e. The van der Waals surface area contributed by atoms with Crippen LogP contribution in [-0.2, 0) is 6.18 Å². The van der Waals surface area contributed by atoms with Crippen molar-refractivity contribution >= 4 is 41.1 Å². The van der Waals surface area contributed by atoms with Crippen LogP contribution in [0.5, 0.6) is 0 Å². The molecule has 0 aliphatic carbocycles. The van der Waals surface area contributed by atoms with Crippen LogP contribution >= 0.6 is 23.5 Å². The molecule has 1 heterocycles. The van der Waals surface area contributed by atoms with Crippen molar-refractivity contribution in [3.05, 3.63) is 101 Å². The Kier molecular flexibility index (Phi) is 8.79. The number of hydrogen-bond donors (Lipinski definition) is 1. The van der Waals surface area contributed by atoms with Gasteiger partial charge in [0.1, 0.15) is 5.84 Å². The van der Waals surface area contributed by atoms with Gasteiger partial charge in [0.15, 0.2) is 0 Å². The van der Waals surface area contributed by atoms with E-state index >= 15 is 0 Å². The number of nitrogens with zero attached hydrogens (tertiary/aromatic N) is 4. The van der Waals surface area contributed by atoms with E-state index < -0.39 is 11.7 Å². The van der Waals surface area contributed by atoms with Crippen LogP contribution in [0.15, 0.2) is 98.2 Å². The summed E-state index contributed by atoms with van der Waals surface area (Å²) >= 11 is 7.16. The van der Waals surface area contributed by atoms with Crippen molar-refractivity contribution in [2.75, 3.05) is 6.54 Å². The Bertz CT molecular complexity index is 1320. The summed E-state index contributed by atoms with van der Waals surface area (Å²) in [5, 5.41) is 7.29. The van der Waals surface area contributed by atoms with Gasteiger partial charge in [0, 0.05) is 40.2 Å². The molecule has 0 saturated carbocycles. The average molecular weight is 558 g/mol. The van der Waals surface area contributed by atoms with Crippen LogP contribution in [0.4, 0.5) is 13.2 Å². The molecular formula is C28H27ClF3N5S. The van der Waals surface area contributed by atoms with Gasteiger partial charge in [-0.2, -0.15) is 27.7 Å². The third-order valence-electron chi connectivity index (χ3n) is 6.00. The van der Waals surface area contributed by atoms with Crippen molar-refractivity contribution in [2.45, 2.75) is 37.3 Å². The lowest BCUT2D eigenvalue weighted by Gasteiger charge is -2.31.